The van der Waals surface area contributed by atoms with Crippen LogP contribution in [0.5, 0.6) is 0 Å². The highest BCUT2D eigenvalue weighted by atomic mass is 127. The lowest BCUT2D eigenvalue weighted by Gasteiger charge is -2.18. The molecule has 5 heteroatoms. The molecular weight excluding hydrogens is 401 g/mol. The van der Waals surface area contributed by atoms with E-state index in [1.165, 1.54) is 5.56 Å². The number of halogens is 1. The Bertz CT molecular complexity index is 412. The third-order valence-electron chi connectivity index (χ3n) is 3.36. The largest absolute Gasteiger partial charge is 0.382 e. The predicted octanol–water partition coefficient (Wildman–Crippen LogP) is 3.61. The second kappa shape index (κ2) is 14.8. The van der Waals surface area contributed by atoms with Crippen molar-refractivity contribution in [3.05, 3.63) is 35.9 Å². The van der Waals surface area contributed by atoms with Gasteiger partial charge in [-0.1, -0.05) is 30.3 Å². The van der Waals surface area contributed by atoms with E-state index in [-0.39, 0.29) is 24.0 Å². The Hall–Kier alpha value is -0.820. The molecule has 132 valence electrons. The Labute approximate surface area is 158 Å². The fraction of sp³-hybridized carbons (Fsp3) is 0.611. The number of aryl methyl sites for hydroxylation is 1. The van der Waals surface area contributed by atoms with Crippen LogP contribution in [-0.2, 0) is 11.2 Å². The number of hydrogen-bond donors (Lipinski definition) is 2. The lowest BCUT2D eigenvalue weighted by atomic mass is 10.1. The SMILES string of the molecule is CCNC(=NCCCOCC)NC(C)CCc1ccccc1.I. The van der Waals surface area contributed by atoms with Gasteiger partial charge in [-0.25, -0.2) is 0 Å². The summed E-state index contributed by atoms with van der Waals surface area (Å²) in [5.41, 5.74) is 1.38. The topological polar surface area (TPSA) is 45.7 Å². The number of nitrogens with zero attached hydrogens (tertiary/aromatic N) is 1. The number of ether oxygens (including phenoxy) is 1. The lowest BCUT2D eigenvalue weighted by Crippen LogP contribution is -2.42. The second-order valence-corrected chi connectivity index (χ2v) is 5.38. The minimum Gasteiger partial charge on any atom is -0.382 e. The zero-order valence-electron chi connectivity index (χ0n) is 14.7. The van der Waals surface area contributed by atoms with Gasteiger partial charge in [0.25, 0.3) is 0 Å². The molecule has 1 unspecified atom stereocenters. The van der Waals surface area contributed by atoms with Gasteiger partial charge in [-0.05, 0) is 45.6 Å². The van der Waals surface area contributed by atoms with E-state index in [1.807, 2.05) is 6.92 Å². The zero-order valence-corrected chi connectivity index (χ0v) is 17.0. The smallest absolute Gasteiger partial charge is 0.191 e. The van der Waals surface area contributed by atoms with E-state index in [1.54, 1.807) is 0 Å². The minimum absolute atomic E-state index is 0. The van der Waals surface area contributed by atoms with Crippen molar-refractivity contribution >= 4 is 29.9 Å². The molecule has 0 spiro atoms. The van der Waals surface area contributed by atoms with Crippen molar-refractivity contribution in [1.29, 1.82) is 0 Å². The van der Waals surface area contributed by atoms with Crippen LogP contribution >= 0.6 is 24.0 Å². The molecule has 0 saturated heterocycles. The molecule has 0 heterocycles. The first-order valence-corrected chi connectivity index (χ1v) is 8.42. The monoisotopic (exact) mass is 433 g/mol. The third kappa shape index (κ3) is 11.4. The maximum Gasteiger partial charge on any atom is 0.191 e. The highest BCUT2D eigenvalue weighted by molar-refractivity contribution is 14.0. The van der Waals surface area contributed by atoms with Crippen LogP contribution in [0.2, 0.25) is 0 Å². The van der Waals surface area contributed by atoms with Gasteiger partial charge in [-0.15, -0.1) is 24.0 Å². The molecule has 4 nitrogen and oxygen atoms in total. The van der Waals surface area contributed by atoms with Crippen LogP contribution in [0, 0.1) is 0 Å². The molecule has 0 fully saturated rings. The summed E-state index contributed by atoms with van der Waals surface area (Å²) in [6, 6.07) is 11.0. The summed E-state index contributed by atoms with van der Waals surface area (Å²) >= 11 is 0. The van der Waals surface area contributed by atoms with Crippen LogP contribution in [0.15, 0.2) is 35.3 Å². The highest BCUT2D eigenvalue weighted by Gasteiger charge is 2.05. The summed E-state index contributed by atoms with van der Waals surface area (Å²) in [6.45, 7) is 9.54. The quantitative estimate of drug-likeness (QED) is 0.257. The number of benzene rings is 1. The van der Waals surface area contributed by atoms with Crippen LogP contribution < -0.4 is 10.6 Å². The van der Waals surface area contributed by atoms with Gasteiger partial charge in [0.2, 0.25) is 0 Å². The van der Waals surface area contributed by atoms with Gasteiger partial charge in [-0.3, -0.25) is 4.99 Å². The van der Waals surface area contributed by atoms with Crippen molar-refractivity contribution < 1.29 is 4.74 Å². The Morgan fingerprint density at radius 1 is 1.22 bits per heavy atom. The van der Waals surface area contributed by atoms with Crippen molar-refractivity contribution in [3.63, 3.8) is 0 Å². The Morgan fingerprint density at radius 3 is 2.61 bits per heavy atom. The molecule has 2 N–H and O–H groups in total. The minimum atomic E-state index is 0. The van der Waals surface area contributed by atoms with Crippen LogP contribution in [0.3, 0.4) is 0 Å². The van der Waals surface area contributed by atoms with Crippen LogP contribution in [-0.4, -0.2) is 38.3 Å². The summed E-state index contributed by atoms with van der Waals surface area (Å²) < 4.78 is 5.33. The molecule has 0 amide bonds. The summed E-state index contributed by atoms with van der Waals surface area (Å²) in [7, 11) is 0. The van der Waals surface area contributed by atoms with Gasteiger partial charge < -0.3 is 15.4 Å². The highest BCUT2D eigenvalue weighted by Crippen LogP contribution is 2.04. The summed E-state index contributed by atoms with van der Waals surface area (Å²) in [5, 5.41) is 6.78. The lowest BCUT2D eigenvalue weighted by molar-refractivity contribution is 0.146. The Morgan fingerprint density at radius 2 is 1.96 bits per heavy atom. The summed E-state index contributed by atoms with van der Waals surface area (Å²) in [5.74, 6) is 0.902. The second-order valence-electron chi connectivity index (χ2n) is 5.38. The van der Waals surface area contributed by atoms with Gasteiger partial charge in [0.1, 0.15) is 0 Å². The number of rotatable bonds is 10. The van der Waals surface area contributed by atoms with E-state index >= 15 is 0 Å². The van der Waals surface area contributed by atoms with Crippen molar-refractivity contribution in [2.45, 2.75) is 46.1 Å². The number of aliphatic imine (C=N–C) groups is 1. The number of hydrogen-bond acceptors (Lipinski definition) is 2. The van der Waals surface area contributed by atoms with Crippen molar-refractivity contribution in [3.8, 4) is 0 Å². The molecule has 0 aliphatic heterocycles. The van der Waals surface area contributed by atoms with Crippen LogP contribution in [0.25, 0.3) is 0 Å². The first-order valence-electron chi connectivity index (χ1n) is 8.42. The number of nitrogens with one attached hydrogen (secondary N) is 2. The van der Waals surface area contributed by atoms with Gasteiger partial charge >= 0.3 is 0 Å². The number of guanidine groups is 1. The van der Waals surface area contributed by atoms with Crippen LogP contribution in [0.4, 0.5) is 0 Å². The third-order valence-corrected chi connectivity index (χ3v) is 3.36. The molecule has 0 saturated carbocycles. The molecule has 1 aromatic rings. The van der Waals surface area contributed by atoms with E-state index in [0.29, 0.717) is 6.04 Å². The maximum absolute atomic E-state index is 5.33. The molecule has 0 radical (unpaired) electrons. The fourth-order valence-electron chi connectivity index (χ4n) is 2.16. The molecular formula is C18H32IN3O. The van der Waals surface area contributed by atoms with Crippen molar-refractivity contribution in [2.75, 3.05) is 26.3 Å². The van der Waals surface area contributed by atoms with E-state index < -0.39 is 0 Å². The molecule has 0 aliphatic rings. The predicted molar refractivity (Wildman–Crippen MR) is 110 cm³/mol. The van der Waals surface area contributed by atoms with E-state index in [4.69, 9.17) is 4.74 Å². The molecule has 23 heavy (non-hydrogen) atoms. The van der Waals surface area contributed by atoms with Crippen molar-refractivity contribution in [2.24, 2.45) is 4.99 Å². The van der Waals surface area contributed by atoms with E-state index in [2.05, 4.69) is 59.8 Å². The van der Waals surface area contributed by atoms with Crippen LogP contribution in [0.1, 0.15) is 39.2 Å². The van der Waals surface area contributed by atoms with E-state index in [0.717, 1.165) is 51.5 Å². The molecule has 0 bridgehead atoms. The summed E-state index contributed by atoms with van der Waals surface area (Å²) in [6.07, 6.45) is 3.13. The normalized spacial score (nSPS) is 12.4. The first kappa shape index (κ1) is 22.2. The van der Waals surface area contributed by atoms with Gasteiger partial charge in [-0.2, -0.15) is 0 Å². The standard InChI is InChI=1S/C18H31N3O.HI/c1-4-19-18(20-14-9-15-22-5-2)21-16(3)12-13-17-10-7-6-8-11-17;/h6-8,10-11,16H,4-5,9,12-15H2,1-3H3,(H2,19,20,21);1H. The molecule has 1 aromatic carbocycles. The van der Waals surface area contributed by atoms with Gasteiger partial charge in [0.15, 0.2) is 5.96 Å². The average molecular weight is 433 g/mol. The maximum atomic E-state index is 5.33. The first-order chi connectivity index (χ1) is 10.8. The Balaban J connectivity index is 0.00000484. The van der Waals surface area contributed by atoms with Gasteiger partial charge in [0, 0.05) is 32.3 Å². The van der Waals surface area contributed by atoms with Gasteiger partial charge in [0.05, 0.1) is 0 Å². The molecule has 1 atom stereocenters. The molecule has 0 aliphatic carbocycles. The zero-order chi connectivity index (χ0) is 16.0. The van der Waals surface area contributed by atoms with E-state index in [9.17, 15) is 0 Å². The van der Waals surface area contributed by atoms with Crippen molar-refractivity contribution in [1.82, 2.24) is 10.6 Å². The molecule has 0 aromatic heterocycles. The average Bonchev–Trinajstić information content (AvgIpc) is 2.54. The summed E-state index contributed by atoms with van der Waals surface area (Å²) in [4.78, 5) is 4.59. The fourth-order valence-corrected chi connectivity index (χ4v) is 2.16. The Kier molecular flexibility index (Phi) is 14.2. The molecule has 1 rings (SSSR count).